The van der Waals surface area contributed by atoms with Crippen molar-refractivity contribution in [1.82, 2.24) is 0 Å². The van der Waals surface area contributed by atoms with E-state index in [0.29, 0.717) is 19.4 Å². The predicted octanol–water partition coefficient (Wildman–Crippen LogP) is 0.524. The Morgan fingerprint density at radius 3 is 2.44 bits per heavy atom. The summed E-state index contributed by atoms with van der Waals surface area (Å²) < 4.78 is 22.8. The number of nitro groups is 1. The predicted molar refractivity (Wildman–Crippen MR) is 66.5 cm³/mol. The molecular weight excluding hydrogens is 258 g/mol. The molecule has 7 nitrogen and oxygen atoms in total. The molecule has 1 rings (SSSR count). The Hall–Kier alpha value is -1.51. The number of hydrogen-bond acceptors (Lipinski definition) is 5. The molecule has 0 radical (unpaired) electrons. The van der Waals surface area contributed by atoms with Gasteiger partial charge in [0.1, 0.15) is 0 Å². The lowest BCUT2D eigenvalue weighted by Crippen LogP contribution is -2.15. The van der Waals surface area contributed by atoms with E-state index in [9.17, 15) is 18.5 Å². The van der Waals surface area contributed by atoms with Gasteiger partial charge < -0.3 is 5.73 Å². The molecule has 0 aromatic heterocycles. The molecule has 4 N–H and O–H groups in total. The fourth-order valence-electron chi connectivity index (χ4n) is 1.69. The molecule has 0 spiro atoms. The highest BCUT2D eigenvalue weighted by atomic mass is 32.2. The number of nitrogens with two attached hydrogens (primary N) is 2. The van der Waals surface area contributed by atoms with Gasteiger partial charge in [-0.25, -0.2) is 13.6 Å². The molecule has 0 aliphatic carbocycles. The van der Waals surface area contributed by atoms with Crippen molar-refractivity contribution in [3.05, 3.63) is 33.9 Å². The Morgan fingerprint density at radius 2 is 1.94 bits per heavy atom. The van der Waals surface area contributed by atoms with Crippen molar-refractivity contribution in [3.8, 4) is 0 Å². The fraction of sp³-hybridized carbons (Fsp3) is 0.400. The second-order valence-corrected chi connectivity index (χ2v) is 5.33. The summed E-state index contributed by atoms with van der Waals surface area (Å²) in [6.07, 6.45) is 1.50. The average molecular weight is 273 g/mol. The van der Waals surface area contributed by atoms with E-state index >= 15 is 0 Å². The molecule has 0 fully saturated rings. The van der Waals surface area contributed by atoms with Crippen molar-refractivity contribution in [2.75, 3.05) is 6.54 Å². The number of rotatable bonds is 6. The van der Waals surface area contributed by atoms with Crippen LogP contribution in [-0.2, 0) is 16.4 Å². The molecule has 1 aromatic rings. The van der Waals surface area contributed by atoms with Gasteiger partial charge in [-0.3, -0.25) is 10.1 Å². The third kappa shape index (κ3) is 3.49. The van der Waals surface area contributed by atoms with Gasteiger partial charge in [-0.2, -0.15) is 0 Å². The normalized spacial score (nSPS) is 11.4. The molecule has 1 aromatic carbocycles. The lowest BCUT2D eigenvalue weighted by atomic mass is 10.1. The van der Waals surface area contributed by atoms with Crippen LogP contribution in [0.25, 0.3) is 0 Å². The van der Waals surface area contributed by atoms with Crippen LogP contribution < -0.4 is 10.9 Å². The number of hydrogen-bond donors (Lipinski definition) is 2. The number of nitro benzene ring substituents is 1. The third-order valence-corrected chi connectivity index (χ3v) is 3.49. The van der Waals surface area contributed by atoms with Gasteiger partial charge in [0, 0.05) is 11.6 Å². The molecule has 0 bridgehead atoms. The molecule has 0 unspecified atom stereocenters. The summed E-state index contributed by atoms with van der Waals surface area (Å²) in [7, 11) is -3.96. The average Bonchev–Trinajstić information content (AvgIpc) is 2.27. The number of benzene rings is 1. The smallest absolute Gasteiger partial charge is 0.273 e. The van der Waals surface area contributed by atoms with E-state index in [4.69, 9.17) is 10.9 Å². The van der Waals surface area contributed by atoms with E-state index < -0.39 is 14.9 Å². The van der Waals surface area contributed by atoms with E-state index in [1.807, 2.05) is 0 Å². The van der Waals surface area contributed by atoms with E-state index in [1.54, 1.807) is 0 Å². The monoisotopic (exact) mass is 273 g/mol. The summed E-state index contributed by atoms with van der Waals surface area (Å²) in [5.74, 6) is 0. The molecule has 0 atom stereocenters. The summed E-state index contributed by atoms with van der Waals surface area (Å²) in [6, 6.07) is 3.86. The first kappa shape index (κ1) is 14.6. The standard InChI is InChI=1S/C10H15N3O4S/c11-7-2-1-4-8-9(13(14)15)5-3-6-10(8)18(12,16)17/h3,5-6H,1-2,4,7,11H2,(H2,12,16,17). The maximum atomic E-state index is 11.4. The molecule has 18 heavy (non-hydrogen) atoms. The highest BCUT2D eigenvalue weighted by Crippen LogP contribution is 2.26. The van der Waals surface area contributed by atoms with Crippen molar-refractivity contribution < 1.29 is 13.3 Å². The Bertz CT molecular complexity index is 542. The molecule has 8 heteroatoms. The van der Waals surface area contributed by atoms with Gasteiger partial charge in [-0.1, -0.05) is 6.07 Å². The van der Waals surface area contributed by atoms with Crippen molar-refractivity contribution in [2.24, 2.45) is 10.9 Å². The highest BCUT2D eigenvalue weighted by molar-refractivity contribution is 7.89. The molecular formula is C10H15N3O4S. The summed E-state index contributed by atoms with van der Waals surface area (Å²) in [4.78, 5) is 10.1. The minimum atomic E-state index is -3.96. The largest absolute Gasteiger partial charge is 0.330 e. The first-order valence-electron chi connectivity index (χ1n) is 5.37. The second-order valence-electron chi connectivity index (χ2n) is 3.80. The summed E-state index contributed by atoms with van der Waals surface area (Å²) in [6.45, 7) is 0.450. The van der Waals surface area contributed by atoms with E-state index in [2.05, 4.69) is 0 Å². The summed E-state index contributed by atoms with van der Waals surface area (Å²) >= 11 is 0. The lowest BCUT2D eigenvalue weighted by molar-refractivity contribution is -0.385. The Labute approximate surface area is 105 Å². The van der Waals surface area contributed by atoms with Gasteiger partial charge in [0.2, 0.25) is 10.0 Å². The molecule has 0 saturated heterocycles. The Kier molecular flexibility index (Phi) is 4.76. The zero-order chi connectivity index (χ0) is 13.8. The first-order valence-corrected chi connectivity index (χ1v) is 6.91. The maximum absolute atomic E-state index is 11.4. The van der Waals surface area contributed by atoms with Crippen LogP contribution in [0, 0.1) is 10.1 Å². The quantitative estimate of drug-likeness (QED) is 0.443. The van der Waals surface area contributed by atoms with Crippen molar-refractivity contribution in [1.29, 1.82) is 0 Å². The second kappa shape index (κ2) is 5.89. The van der Waals surface area contributed by atoms with E-state index in [-0.39, 0.29) is 22.6 Å². The molecule has 0 aliphatic heterocycles. The highest BCUT2D eigenvalue weighted by Gasteiger charge is 2.22. The first-order chi connectivity index (χ1) is 8.38. The fourth-order valence-corrected chi connectivity index (χ4v) is 2.51. The Morgan fingerprint density at radius 1 is 1.28 bits per heavy atom. The van der Waals surface area contributed by atoms with Crippen LogP contribution in [-0.4, -0.2) is 19.9 Å². The molecule has 0 aliphatic rings. The Balaban J connectivity index is 3.26. The van der Waals surface area contributed by atoms with Gasteiger partial charge >= 0.3 is 0 Å². The SMILES string of the molecule is NCCCCc1c([N+](=O)[O-])cccc1S(N)(=O)=O. The third-order valence-electron chi connectivity index (χ3n) is 2.49. The molecule has 0 heterocycles. The maximum Gasteiger partial charge on any atom is 0.273 e. The van der Waals surface area contributed by atoms with Crippen LogP contribution >= 0.6 is 0 Å². The molecule has 100 valence electrons. The molecule has 0 saturated carbocycles. The zero-order valence-electron chi connectivity index (χ0n) is 9.70. The number of primary sulfonamides is 1. The minimum Gasteiger partial charge on any atom is -0.330 e. The lowest BCUT2D eigenvalue weighted by Gasteiger charge is -2.08. The van der Waals surface area contributed by atoms with Crippen molar-refractivity contribution in [2.45, 2.75) is 24.2 Å². The number of nitrogens with zero attached hydrogens (tertiary/aromatic N) is 1. The van der Waals surface area contributed by atoms with Gasteiger partial charge in [-0.05, 0) is 31.9 Å². The van der Waals surface area contributed by atoms with Crippen LogP contribution in [0.4, 0.5) is 5.69 Å². The summed E-state index contributed by atoms with van der Waals surface area (Å²) in [5.41, 5.74) is 5.27. The van der Waals surface area contributed by atoms with Crippen molar-refractivity contribution in [3.63, 3.8) is 0 Å². The van der Waals surface area contributed by atoms with Gasteiger partial charge in [0.05, 0.1) is 9.82 Å². The topological polar surface area (TPSA) is 129 Å². The molecule has 0 amide bonds. The van der Waals surface area contributed by atoms with Gasteiger partial charge in [0.25, 0.3) is 5.69 Å². The minimum absolute atomic E-state index is 0.151. The van der Waals surface area contributed by atoms with Crippen molar-refractivity contribution >= 4 is 15.7 Å². The summed E-state index contributed by atoms with van der Waals surface area (Å²) in [5, 5.41) is 15.9. The van der Waals surface area contributed by atoms with Crippen LogP contribution in [0.3, 0.4) is 0 Å². The number of unbranched alkanes of at least 4 members (excludes halogenated alkanes) is 1. The number of sulfonamides is 1. The van der Waals surface area contributed by atoms with Crippen LogP contribution in [0.5, 0.6) is 0 Å². The van der Waals surface area contributed by atoms with Gasteiger partial charge in [-0.15, -0.1) is 0 Å². The van der Waals surface area contributed by atoms with E-state index in [0.717, 1.165) is 0 Å². The zero-order valence-corrected chi connectivity index (χ0v) is 10.5. The van der Waals surface area contributed by atoms with E-state index in [1.165, 1.54) is 18.2 Å². The van der Waals surface area contributed by atoms with Crippen LogP contribution in [0.15, 0.2) is 23.1 Å². The van der Waals surface area contributed by atoms with Crippen LogP contribution in [0.1, 0.15) is 18.4 Å². The van der Waals surface area contributed by atoms with Crippen LogP contribution in [0.2, 0.25) is 0 Å². The van der Waals surface area contributed by atoms with Gasteiger partial charge in [0.15, 0.2) is 0 Å².